The first-order valence-corrected chi connectivity index (χ1v) is 7.57. The zero-order valence-corrected chi connectivity index (χ0v) is 12.1. The van der Waals surface area contributed by atoms with Crippen molar-refractivity contribution in [3.05, 3.63) is 20.8 Å². The molecule has 1 spiro atoms. The van der Waals surface area contributed by atoms with Gasteiger partial charge in [0, 0.05) is 22.5 Å². The Labute approximate surface area is 116 Å². The van der Waals surface area contributed by atoms with Crippen molar-refractivity contribution in [1.29, 1.82) is 0 Å². The summed E-state index contributed by atoms with van der Waals surface area (Å²) in [6, 6.07) is 2.73. The van der Waals surface area contributed by atoms with Crippen LogP contribution in [0.15, 0.2) is 6.07 Å². The third-order valence-electron chi connectivity index (χ3n) is 3.86. The van der Waals surface area contributed by atoms with Crippen molar-refractivity contribution in [2.24, 2.45) is 0 Å². The van der Waals surface area contributed by atoms with Gasteiger partial charge in [-0.2, -0.15) is 0 Å². The van der Waals surface area contributed by atoms with Crippen LogP contribution in [0.25, 0.3) is 0 Å². The van der Waals surface area contributed by atoms with E-state index in [9.17, 15) is 5.11 Å². The normalized spacial score (nSPS) is 39.9. The smallest absolute Gasteiger partial charge is 0.106 e. The van der Waals surface area contributed by atoms with Gasteiger partial charge in [0.05, 0.1) is 10.9 Å². The van der Waals surface area contributed by atoms with Crippen molar-refractivity contribution in [3.63, 3.8) is 0 Å². The van der Waals surface area contributed by atoms with E-state index in [1.165, 1.54) is 0 Å². The van der Waals surface area contributed by atoms with E-state index in [0.29, 0.717) is 18.7 Å². The van der Waals surface area contributed by atoms with E-state index >= 15 is 0 Å². The van der Waals surface area contributed by atoms with Crippen LogP contribution in [0, 0.1) is 0 Å². The fourth-order valence-corrected chi connectivity index (χ4v) is 4.80. The highest BCUT2D eigenvalue weighted by molar-refractivity contribution is 7.16. The van der Waals surface area contributed by atoms with Crippen LogP contribution in [0.4, 0.5) is 0 Å². The van der Waals surface area contributed by atoms with Crippen molar-refractivity contribution in [3.8, 4) is 0 Å². The first-order chi connectivity index (χ1) is 8.50. The number of hydrogen-bond donors (Lipinski definition) is 2. The Bertz CT molecular complexity index is 452. The molecule has 3 heterocycles. The number of nitrogens with one attached hydrogen (secondary N) is 1. The number of thiophene rings is 1. The van der Waals surface area contributed by atoms with E-state index in [-0.39, 0.29) is 5.60 Å². The van der Waals surface area contributed by atoms with Gasteiger partial charge in [-0.3, -0.25) is 0 Å². The van der Waals surface area contributed by atoms with Gasteiger partial charge >= 0.3 is 0 Å². The number of hydrogen-bond acceptors (Lipinski definition) is 4. The van der Waals surface area contributed by atoms with Crippen molar-refractivity contribution >= 4 is 22.9 Å². The average molecular weight is 288 g/mol. The van der Waals surface area contributed by atoms with Crippen LogP contribution < -0.4 is 5.32 Å². The summed E-state index contributed by atoms with van der Waals surface area (Å²) in [5.41, 5.74) is 0.716. The summed E-state index contributed by atoms with van der Waals surface area (Å²) in [6.07, 6.45) is 1.34. The lowest BCUT2D eigenvalue weighted by Crippen LogP contribution is -2.52. The standard InChI is InChI=1S/C13H18ClNO2S/c1-7-4-13(5-8(2)15-7)12-9(3-11(14)18-12)10(16)6-17-13/h3,7-8,10,15-16H,4-6H2,1-2H3. The van der Waals surface area contributed by atoms with Gasteiger partial charge in [0.2, 0.25) is 0 Å². The van der Waals surface area contributed by atoms with Crippen molar-refractivity contribution in [2.75, 3.05) is 6.61 Å². The molecule has 3 atom stereocenters. The van der Waals surface area contributed by atoms with Crippen LogP contribution in [-0.4, -0.2) is 23.8 Å². The summed E-state index contributed by atoms with van der Waals surface area (Å²) in [5.74, 6) is 0. The van der Waals surface area contributed by atoms with Gasteiger partial charge in [-0.15, -0.1) is 11.3 Å². The fraction of sp³-hybridized carbons (Fsp3) is 0.692. The largest absolute Gasteiger partial charge is 0.386 e. The van der Waals surface area contributed by atoms with E-state index in [2.05, 4.69) is 19.2 Å². The SMILES string of the molecule is CC1CC2(CC(C)N1)OCC(O)c1cc(Cl)sc12. The van der Waals surface area contributed by atoms with Crippen LogP contribution in [-0.2, 0) is 10.3 Å². The van der Waals surface area contributed by atoms with Gasteiger partial charge in [-0.1, -0.05) is 11.6 Å². The summed E-state index contributed by atoms with van der Waals surface area (Å²) in [7, 11) is 0. The summed E-state index contributed by atoms with van der Waals surface area (Å²) in [5, 5.41) is 13.6. The van der Waals surface area contributed by atoms with E-state index in [1.54, 1.807) is 11.3 Å². The van der Waals surface area contributed by atoms with E-state index in [0.717, 1.165) is 27.6 Å². The first kappa shape index (κ1) is 12.9. The number of aliphatic hydroxyl groups excluding tert-OH is 1. The van der Waals surface area contributed by atoms with Gasteiger partial charge in [0.1, 0.15) is 11.7 Å². The van der Waals surface area contributed by atoms with Gasteiger partial charge in [0.25, 0.3) is 0 Å². The zero-order chi connectivity index (χ0) is 12.9. The molecule has 2 N–H and O–H groups in total. The molecule has 0 radical (unpaired) electrons. The lowest BCUT2D eigenvalue weighted by atomic mass is 9.80. The Hall–Kier alpha value is -0.130. The Balaban J connectivity index is 2.05. The molecule has 0 saturated carbocycles. The minimum absolute atomic E-state index is 0.254. The number of fused-ring (bicyclic) bond motifs is 2. The van der Waals surface area contributed by atoms with Crippen LogP contribution in [0.2, 0.25) is 4.34 Å². The second kappa shape index (κ2) is 4.46. The van der Waals surface area contributed by atoms with E-state index in [1.807, 2.05) is 6.07 Å². The van der Waals surface area contributed by atoms with Crippen LogP contribution >= 0.6 is 22.9 Å². The minimum Gasteiger partial charge on any atom is -0.386 e. The summed E-state index contributed by atoms with van der Waals surface area (Å²) in [6.45, 7) is 4.74. The Morgan fingerprint density at radius 1 is 1.44 bits per heavy atom. The number of halogens is 1. The molecule has 0 amide bonds. The molecule has 100 valence electrons. The molecular formula is C13H18ClNO2S. The van der Waals surface area contributed by atoms with Crippen LogP contribution in [0.1, 0.15) is 43.2 Å². The second-order valence-corrected chi connectivity index (χ2v) is 7.22. The number of piperidine rings is 1. The topological polar surface area (TPSA) is 41.5 Å². The maximum atomic E-state index is 10.0. The summed E-state index contributed by atoms with van der Waals surface area (Å²) in [4.78, 5) is 1.13. The van der Waals surface area contributed by atoms with Gasteiger partial charge < -0.3 is 15.2 Å². The lowest BCUT2D eigenvalue weighted by Gasteiger charge is -2.46. The molecule has 18 heavy (non-hydrogen) atoms. The molecule has 3 unspecified atom stereocenters. The third-order valence-corrected chi connectivity index (χ3v) is 5.33. The molecule has 2 aliphatic rings. The molecule has 0 aromatic carbocycles. The summed E-state index contributed by atoms with van der Waals surface area (Å²) < 4.78 is 6.80. The van der Waals surface area contributed by atoms with Crippen molar-refractivity contribution < 1.29 is 9.84 Å². The monoisotopic (exact) mass is 287 g/mol. The predicted octanol–water partition coefficient (Wildman–Crippen LogP) is 2.82. The predicted molar refractivity (Wildman–Crippen MR) is 73.2 cm³/mol. The van der Waals surface area contributed by atoms with Crippen molar-refractivity contribution in [2.45, 2.75) is 50.5 Å². The molecule has 0 bridgehead atoms. The number of rotatable bonds is 0. The van der Waals surface area contributed by atoms with E-state index in [4.69, 9.17) is 16.3 Å². The van der Waals surface area contributed by atoms with Gasteiger partial charge in [-0.05, 0) is 32.8 Å². The molecule has 2 aliphatic heterocycles. The third kappa shape index (κ3) is 2.00. The number of aliphatic hydroxyl groups is 1. The maximum Gasteiger partial charge on any atom is 0.106 e. The molecule has 3 nitrogen and oxygen atoms in total. The van der Waals surface area contributed by atoms with Gasteiger partial charge in [0.15, 0.2) is 0 Å². The first-order valence-electron chi connectivity index (χ1n) is 6.38. The van der Waals surface area contributed by atoms with Crippen molar-refractivity contribution in [1.82, 2.24) is 5.32 Å². The quantitative estimate of drug-likeness (QED) is 0.771. The molecule has 1 saturated heterocycles. The fourth-order valence-electron chi connectivity index (χ4n) is 3.35. The van der Waals surface area contributed by atoms with Crippen LogP contribution in [0.3, 0.4) is 0 Å². The second-order valence-electron chi connectivity index (χ2n) is 5.53. The molecule has 0 aliphatic carbocycles. The number of ether oxygens (including phenoxy) is 1. The lowest BCUT2D eigenvalue weighted by molar-refractivity contribution is -0.127. The maximum absolute atomic E-state index is 10.0. The molecule has 1 fully saturated rings. The highest BCUT2D eigenvalue weighted by Gasteiger charge is 2.46. The molecule has 1 aromatic heterocycles. The minimum atomic E-state index is -0.533. The molecule has 5 heteroatoms. The Morgan fingerprint density at radius 3 is 2.78 bits per heavy atom. The van der Waals surface area contributed by atoms with E-state index < -0.39 is 6.10 Å². The van der Waals surface area contributed by atoms with Crippen LogP contribution in [0.5, 0.6) is 0 Å². The average Bonchev–Trinajstić information content (AvgIpc) is 2.67. The Kier molecular flexibility index (Phi) is 3.19. The highest BCUT2D eigenvalue weighted by atomic mass is 35.5. The van der Waals surface area contributed by atoms with Gasteiger partial charge in [-0.25, -0.2) is 0 Å². The molecular weight excluding hydrogens is 270 g/mol. The Morgan fingerprint density at radius 2 is 2.11 bits per heavy atom. The molecule has 1 aromatic rings. The molecule has 3 rings (SSSR count). The highest BCUT2D eigenvalue weighted by Crippen LogP contribution is 2.49. The summed E-state index contributed by atoms with van der Waals surface area (Å²) >= 11 is 7.68. The zero-order valence-electron chi connectivity index (χ0n) is 10.6.